The topological polar surface area (TPSA) is 81.0 Å². The third kappa shape index (κ3) is 4.83. The fraction of sp³-hybridized carbons (Fsp3) is 0.611. The van der Waals surface area contributed by atoms with Crippen molar-refractivity contribution >= 4 is 23.3 Å². The Morgan fingerprint density at radius 1 is 1.28 bits per heavy atom. The van der Waals surface area contributed by atoms with Crippen LogP contribution in [0.1, 0.15) is 38.5 Å². The minimum Gasteiger partial charge on any atom is -0.367 e. The van der Waals surface area contributed by atoms with Crippen LogP contribution < -0.4 is 10.6 Å². The highest BCUT2D eigenvalue weighted by molar-refractivity contribution is 6.29. The Hall–Kier alpha value is -1.84. The van der Waals surface area contributed by atoms with E-state index in [0.29, 0.717) is 30.3 Å². The van der Waals surface area contributed by atoms with Crippen molar-refractivity contribution < 1.29 is 4.79 Å². The molecule has 25 heavy (non-hydrogen) atoms. The van der Waals surface area contributed by atoms with Crippen molar-refractivity contribution in [3.8, 4) is 6.07 Å². The van der Waals surface area contributed by atoms with Gasteiger partial charge < -0.3 is 15.5 Å². The van der Waals surface area contributed by atoms with Gasteiger partial charge in [0.1, 0.15) is 17.0 Å². The van der Waals surface area contributed by atoms with Gasteiger partial charge in [-0.1, -0.05) is 17.7 Å². The maximum atomic E-state index is 12.3. The van der Waals surface area contributed by atoms with Gasteiger partial charge in [0, 0.05) is 18.6 Å². The molecule has 2 fully saturated rings. The number of hydrogen-bond acceptors (Lipinski definition) is 5. The van der Waals surface area contributed by atoms with Crippen LogP contribution in [-0.2, 0) is 4.79 Å². The molecule has 1 saturated heterocycles. The number of nitrogens with one attached hydrogen (secondary N) is 2. The third-order valence-electron chi connectivity index (χ3n) is 5.06. The van der Waals surface area contributed by atoms with Gasteiger partial charge in [0.15, 0.2) is 0 Å². The smallest absolute Gasteiger partial charge is 0.237 e. The molecule has 1 atom stereocenters. The van der Waals surface area contributed by atoms with Gasteiger partial charge in [-0.05, 0) is 50.7 Å². The molecule has 1 aliphatic heterocycles. The molecule has 1 aromatic rings. The number of carbonyl (C=O) groups excluding carboxylic acids is 1. The minimum atomic E-state index is -0.237. The van der Waals surface area contributed by atoms with E-state index in [1.807, 2.05) is 12.1 Å². The van der Waals surface area contributed by atoms with Crippen molar-refractivity contribution in [1.29, 1.82) is 5.26 Å². The number of pyridine rings is 1. The van der Waals surface area contributed by atoms with Crippen LogP contribution in [0.15, 0.2) is 18.2 Å². The van der Waals surface area contributed by atoms with E-state index in [-0.39, 0.29) is 11.9 Å². The molecule has 134 valence electrons. The van der Waals surface area contributed by atoms with Gasteiger partial charge in [0.25, 0.3) is 0 Å². The zero-order chi connectivity index (χ0) is 17.6. The van der Waals surface area contributed by atoms with Crippen molar-refractivity contribution in [2.45, 2.75) is 56.7 Å². The summed E-state index contributed by atoms with van der Waals surface area (Å²) in [4.78, 5) is 18.3. The second kappa shape index (κ2) is 8.50. The Morgan fingerprint density at radius 3 is 2.76 bits per heavy atom. The Morgan fingerprint density at radius 2 is 2.04 bits per heavy atom. The van der Waals surface area contributed by atoms with Gasteiger partial charge in [0.2, 0.25) is 5.91 Å². The summed E-state index contributed by atoms with van der Waals surface area (Å²) in [7, 11) is 0. The molecule has 0 spiro atoms. The van der Waals surface area contributed by atoms with E-state index in [4.69, 9.17) is 16.9 Å². The van der Waals surface area contributed by atoms with Gasteiger partial charge in [-0.25, -0.2) is 4.98 Å². The van der Waals surface area contributed by atoms with E-state index < -0.39 is 0 Å². The highest BCUT2D eigenvalue weighted by Crippen LogP contribution is 2.22. The lowest BCUT2D eigenvalue weighted by Crippen LogP contribution is -2.45. The number of carbonyl (C=O) groups is 1. The van der Waals surface area contributed by atoms with Crippen LogP contribution in [0.5, 0.6) is 0 Å². The number of nitriles is 1. The van der Waals surface area contributed by atoms with E-state index in [1.54, 1.807) is 11.0 Å². The lowest BCUT2D eigenvalue weighted by Gasteiger charge is -2.30. The lowest BCUT2D eigenvalue weighted by molar-refractivity contribution is -0.130. The zero-order valence-corrected chi connectivity index (χ0v) is 15.0. The predicted molar refractivity (Wildman–Crippen MR) is 97.3 cm³/mol. The van der Waals surface area contributed by atoms with Gasteiger partial charge in [-0.2, -0.15) is 5.26 Å². The number of likely N-dealkylation sites (tertiary alicyclic amines) is 1. The van der Waals surface area contributed by atoms with E-state index >= 15 is 0 Å². The largest absolute Gasteiger partial charge is 0.367 e. The number of nitrogens with zero attached hydrogens (tertiary/aromatic N) is 3. The number of aromatic nitrogens is 1. The van der Waals surface area contributed by atoms with E-state index in [2.05, 4.69) is 21.7 Å². The normalized spacial score (nSPS) is 26.2. The Bertz CT molecular complexity index is 639. The number of hydrogen-bond donors (Lipinski definition) is 2. The first-order chi connectivity index (χ1) is 12.2. The molecule has 0 bridgehead atoms. The Labute approximate surface area is 153 Å². The summed E-state index contributed by atoms with van der Waals surface area (Å²) in [6.07, 6.45) is 5.84. The molecule has 2 heterocycles. The first kappa shape index (κ1) is 18.0. The van der Waals surface area contributed by atoms with E-state index in [9.17, 15) is 4.79 Å². The molecular weight excluding hydrogens is 338 g/mol. The van der Waals surface area contributed by atoms with Crippen molar-refractivity contribution in [1.82, 2.24) is 15.2 Å². The summed E-state index contributed by atoms with van der Waals surface area (Å²) in [6.45, 7) is 1.04. The average Bonchev–Trinajstić information content (AvgIpc) is 3.10. The van der Waals surface area contributed by atoms with Crippen molar-refractivity contribution in [2.24, 2.45) is 0 Å². The van der Waals surface area contributed by atoms with Crippen molar-refractivity contribution in [2.75, 3.05) is 18.4 Å². The van der Waals surface area contributed by atoms with Crippen LogP contribution in [-0.4, -0.2) is 47.0 Å². The molecule has 7 heteroatoms. The molecule has 2 N–H and O–H groups in total. The summed E-state index contributed by atoms with van der Waals surface area (Å²) in [6, 6.07) is 8.32. The number of halogens is 1. The summed E-state index contributed by atoms with van der Waals surface area (Å²) < 4.78 is 0. The number of amides is 1. The minimum absolute atomic E-state index is 0.0485. The molecule has 6 nitrogen and oxygen atoms in total. The fourth-order valence-corrected chi connectivity index (χ4v) is 3.84. The number of rotatable bonds is 5. The van der Waals surface area contributed by atoms with Crippen molar-refractivity contribution in [3.63, 3.8) is 0 Å². The summed E-state index contributed by atoms with van der Waals surface area (Å²) in [5, 5.41) is 16.4. The second-order valence-electron chi connectivity index (χ2n) is 6.79. The predicted octanol–water partition coefficient (Wildman–Crippen LogP) is 2.56. The fourth-order valence-electron chi connectivity index (χ4n) is 3.67. The SMILES string of the molecule is N#C[C@@H]1CCCN1C(=O)CNC1CCC(Nc2cccc(Cl)n2)CC1. The van der Waals surface area contributed by atoms with E-state index in [0.717, 1.165) is 44.3 Å². The summed E-state index contributed by atoms with van der Waals surface area (Å²) in [5.41, 5.74) is 0. The molecule has 2 aliphatic rings. The Balaban J connectivity index is 1.39. The molecule has 1 aliphatic carbocycles. The maximum absolute atomic E-state index is 12.3. The first-order valence-electron chi connectivity index (χ1n) is 8.97. The highest BCUT2D eigenvalue weighted by atomic mass is 35.5. The lowest BCUT2D eigenvalue weighted by atomic mass is 9.91. The molecular formula is C18H24ClN5O. The van der Waals surface area contributed by atoms with Gasteiger partial charge >= 0.3 is 0 Å². The van der Waals surface area contributed by atoms with E-state index in [1.165, 1.54) is 0 Å². The standard InChI is InChI=1S/C18H24ClN5O/c19-16-4-1-5-17(23-16)22-14-8-6-13(7-9-14)21-12-18(25)24-10-2-3-15(24)11-20/h1,4-5,13-15,21H,2-3,6-10,12H2,(H,22,23)/t13?,14?,15-/m0/s1. The average molecular weight is 362 g/mol. The second-order valence-corrected chi connectivity index (χ2v) is 7.18. The Kier molecular flexibility index (Phi) is 6.11. The van der Waals surface area contributed by atoms with Crippen LogP contribution in [0, 0.1) is 11.3 Å². The summed E-state index contributed by atoms with van der Waals surface area (Å²) >= 11 is 5.91. The number of anilines is 1. The molecule has 0 radical (unpaired) electrons. The van der Waals surface area contributed by atoms with Gasteiger partial charge in [0.05, 0.1) is 12.6 Å². The molecule has 1 amide bonds. The van der Waals surface area contributed by atoms with Crippen LogP contribution in [0.3, 0.4) is 0 Å². The van der Waals surface area contributed by atoms with Crippen LogP contribution >= 0.6 is 11.6 Å². The van der Waals surface area contributed by atoms with Crippen LogP contribution in [0.25, 0.3) is 0 Å². The molecule has 3 rings (SSSR count). The monoisotopic (exact) mass is 361 g/mol. The maximum Gasteiger partial charge on any atom is 0.237 e. The molecule has 1 saturated carbocycles. The highest BCUT2D eigenvalue weighted by Gasteiger charge is 2.29. The van der Waals surface area contributed by atoms with Crippen LogP contribution in [0.4, 0.5) is 5.82 Å². The van der Waals surface area contributed by atoms with Crippen LogP contribution in [0.2, 0.25) is 5.15 Å². The first-order valence-corrected chi connectivity index (χ1v) is 9.35. The third-order valence-corrected chi connectivity index (χ3v) is 5.27. The zero-order valence-electron chi connectivity index (χ0n) is 14.2. The van der Waals surface area contributed by atoms with Gasteiger partial charge in [-0.3, -0.25) is 4.79 Å². The summed E-state index contributed by atoms with van der Waals surface area (Å²) in [5.74, 6) is 0.864. The molecule has 0 unspecified atom stereocenters. The molecule has 0 aromatic carbocycles. The van der Waals surface area contributed by atoms with Gasteiger partial charge in [-0.15, -0.1) is 0 Å². The molecule has 1 aromatic heterocycles. The quantitative estimate of drug-likeness (QED) is 0.788. The van der Waals surface area contributed by atoms with Crippen molar-refractivity contribution in [3.05, 3.63) is 23.4 Å².